The van der Waals surface area contributed by atoms with Crippen molar-refractivity contribution < 1.29 is 14.6 Å². The Bertz CT molecular complexity index is 241. The van der Waals surface area contributed by atoms with E-state index in [-0.39, 0.29) is 12.3 Å². The number of ether oxygens (including phenoxy) is 1. The van der Waals surface area contributed by atoms with Gasteiger partial charge in [-0.05, 0) is 26.2 Å². The van der Waals surface area contributed by atoms with Crippen LogP contribution in [-0.4, -0.2) is 29.8 Å². The third-order valence-electron chi connectivity index (χ3n) is 3.82. The highest BCUT2D eigenvalue weighted by molar-refractivity contribution is 5.68. The molecule has 3 N–H and O–H groups in total. The Hall–Kier alpha value is -0.610. The summed E-state index contributed by atoms with van der Waals surface area (Å²) in [6, 6.07) is 0. The summed E-state index contributed by atoms with van der Waals surface area (Å²) < 4.78 is 5.33. The molecule has 1 heterocycles. The van der Waals surface area contributed by atoms with E-state index in [1.54, 1.807) is 0 Å². The van der Waals surface area contributed by atoms with E-state index in [0.29, 0.717) is 6.61 Å². The van der Waals surface area contributed by atoms with Gasteiger partial charge < -0.3 is 15.6 Å². The Morgan fingerprint density at radius 3 is 2.47 bits per heavy atom. The molecular weight excluding hydrogens is 194 g/mol. The summed E-state index contributed by atoms with van der Waals surface area (Å²) in [5.41, 5.74) is 5.21. The van der Waals surface area contributed by atoms with Crippen LogP contribution in [0.25, 0.3) is 0 Å². The van der Waals surface area contributed by atoms with Crippen molar-refractivity contribution in [1.29, 1.82) is 0 Å². The van der Waals surface area contributed by atoms with Crippen LogP contribution in [0.3, 0.4) is 0 Å². The van der Waals surface area contributed by atoms with Crippen LogP contribution in [0.4, 0.5) is 0 Å². The van der Waals surface area contributed by atoms with E-state index in [9.17, 15) is 4.79 Å². The number of carboxylic acid groups (broad SMARTS) is 1. The van der Waals surface area contributed by atoms with Crippen molar-refractivity contribution in [2.45, 2.75) is 39.2 Å². The van der Waals surface area contributed by atoms with Crippen molar-refractivity contribution in [2.75, 3.05) is 13.2 Å². The zero-order chi connectivity index (χ0) is 11.7. The van der Waals surface area contributed by atoms with Gasteiger partial charge in [0.15, 0.2) is 0 Å². The summed E-state index contributed by atoms with van der Waals surface area (Å²) in [6.07, 6.45) is 1.01. The van der Waals surface area contributed by atoms with Crippen molar-refractivity contribution in [1.82, 2.24) is 0 Å². The van der Waals surface area contributed by atoms with E-state index in [4.69, 9.17) is 15.6 Å². The van der Waals surface area contributed by atoms with Gasteiger partial charge in [0.25, 0.3) is 0 Å². The first-order valence-electron chi connectivity index (χ1n) is 5.36. The van der Waals surface area contributed by atoms with Crippen LogP contribution >= 0.6 is 0 Å². The van der Waals surface area contributed by atoms with Gasteiger partial charge in [0.2, 0.25) is 0 Å². The fourth-order valence-electron chi connectivity index (χ4n) is 2.25. The number of nitrogens with two attached hydrogens (primary N) is 1. The number of rotatable bonds is 4. The molecule has 1 aliphatic rings. The van der Waals surface area contributed by atoms with Crippen LogP contribution in [0, 0.1) is 11.3 Å². The second-order valence-electron chi connectivity index (χ2n) is 5.27. The monoisotopic (exact) mass is 215 g/mol. The maximum Gasteiger partial charge on any atom is 0.303 e. The van der Waals surface area contributed by atoms with Gasteiger partial charge in [-0.3, -0.25) is 4.79 Å². The lowest BCUT2D eigenvalue weighted by atomic mass is 9.63. The minimum absolute atomic E-state index is 0.102. The molecule has 0 aliphatic carbocycles. The van der Waals surface area contributed by atoms with Crippen LogP contribution in [-0.2, 0) is 9.53 Å². The zero-order valence-electron chi connectivity index (χ0n) is 9.75. The summed E-state index contributed by atoms with van der Waals surface area (Å²) in [6.45, 7) is 7.10. The van der Waals surface area contributed by atoms with Crippen molar-refractivity contribution in [3.8, 4) is 0 Å². The third-order valence-corrected chi connectivity index (χ3v) is 3.82. The van der Waals surface area contributed by atoms with Gasteiger partial charge in [0, 0.05) is 17.6 Å². The van der Waals surface area contributed by atoms with Crippen LogP contribution in [0.5, 0.6) is 0 Å². The van der Waals surface area contributed by atoms with E-state index in [0.717, 1.165) is 13.0 Å². The fourth-order valence-corrected chi connectivity index (χ4v) is 2.25. The molecule has 0 aromatic carbocycles. The molecule has 15 heavy (non-hydrogen) atoms. The van der Waals surface area contributed by atoms with E-state index in [1.807, 2.05) is 20.8 Å². The van der Waals surface area contributed by atoms with Gasteiger partial charge in [-0.2, -0.15) is 0 Å². The Morgan fingerprint density at radius 2 is 2.13 bits per heavy atom. The maximum atomic E-state index is 10.9. The van der Waals surface area contributed by atoms with E-state index >= 15 is 0 Å². The highest BCUT2D eigenvalue weighted by atomic mass is 16.5. The predicted molar refractivity (Wildman–Crippen MR) is 57.6 cm³/mol. The molecule has 1 aliphatic heterocycles. The first-order chi connectivity index (χ1) is 6.77. The second kappa shape index (κ2) is 4.10. The minimum atomic E-state index is -0.789. The van der Waals surface area contributed by atoms with Crippen LogP contribution in [0.1, 0.15) is 33.6 Å². The highest BCUT2D eigenvalue weighted by Crippen LogP contribution is 2.44. The van der Waals surface area contributed by atoms with Gasteiger partial charge in [0.1, 0.15) is 0 Å². The molecule has 88 valence electrons. The molecule has 4 nitrogen and oxygen atoms in total. The third kappa shape index (κ3) is 2.49. The molecule has 1 rings (SSSR count). The Balaban J connectivity index is 2.89. The van der Waals surface area contributed by atoms with Crippen molar-refractivity contribution in [3.63, 3.8) is 0 Å². The molecule has 0 spiro atoms. The molecule has 2 unspecified atom stereocenters. The van der Waals surface area contributed by atoms with Gasteiger partial charge in [-0.25, -0.2) is 0 Å². The summed E-state index contributed by atoms with van der Waals surface area (Å²) >= 11 is 0. The fraction of sp³-hybridized carbons (Fsp3) is 0.909. The molecule has 4 heteroatoms. The number of hydrogen-bond acceptors (Lipinski definition) is 3. The number of aliphatic carboxylic acids is 1. The van der Waals surface area contributed by atoms with E-state index < -0.39 is 16.9 Å². The molecule has 1 saturated heterocycles. The molecule has 0 bridgehead atoms. The lowest BCUT2D eigenvalue weighted by Gasteiger charge is -2.44. The highest BCUT2D eigenvalue weighted by Gasteiger charge is 2.47. The Kier molecular flexibility index (Phi) is 3.41. The van der Waals surface area contributed by atoms with Gasteiger partial charge in [-0.15, -0.1) is 0 Å². The second-order valence-corrected chi connectivity index (χ2v) is 5.27. The van der Waals surface area contributed by atoms with Crippen LogP contribution in [0.2, 0.25) is 0 Å². The molecule has 0 radical (unpaired) electrons. The van der Waals surface area contributed by atoms with Gasteiger partial charge >= 0.3 is 5.97 Å². The molecule has 0 aromatic rings. The maximum absolute atomic E-state index is 10.9. The quantitative estimate of drug-likeness (QED) is 0.740. The molecule has 1 fully saturated rings. The largest absolute Gasteiger partial charge is 0.481 e. The lowest BCUT2D eigenvalue weighted by molar-refractivity contribution is -0.142. The van der Waals surface area contributed by atoms with Gasteiger partial charge in [0.05, 0.1) is 13.0 Å². The first-order valence-corrected chi connectivity index (χ1v) is 5.36. The average Bonchev–Trinajstić information content (AvgIpc) is 2.51. The van der Waals surface area contributed by atoms with Gasteiger partial charge in [-0.1, -0.05) is 6.92 Å². The average molecular weight is 215 g/mol. The number of carbonyl (C=O) groups is 1. The lowest BCUT2D eigenvalue weighted by Crippen LogP contribution is -2.54. The van der Waals surface area contributed by atoms with Crippen LogP contribution in [0.15, 0.2) is 0 Å². The normalized spacial score (nSPS) is 26.3. The Labute approximate surface area is 90.8 Å². The van der Waals surface area contributed by atoms with Crippen LogP contribution < -0.4 is 5.73 Å². The van der Waals surface area contributed by atoms with Crippen molar-refractivity contribution in [3.05, 3.63) is 0 Å². The topological polar surface area (TPSA) is 72.6 Å². The molecule has 0 saturated carbocycles. The molecule has 0 aromatic heterocycles. The Morgan fingerprint density at radius 1 is 1.53 bits per heavy atom. The van der Waals surface area contributed by atoms with Crippen molar-refractivity contribution >= 4 is 5.97 Å². The first kappa shape index (κ1) is 12.5. The smallest absolute Gasteiger partial charge is 0.303 e. The predicted octanol–water partition coefficient (Wildman–Crippen LogP) is 1.24. The molecule has 2 atom stereocenters. The van der Waals surface area contributed by atoms with Crippen molar-refractivity contribution in [2.24, 2.45) is 17.1 Å². The molecular formula is C11H21NO3. The summed E-state index contributed by atoms with van der Waals surface area (Å²) in [5, 5.41) is 8.98. The molecule has 0 amide bonds. The summed E-state index contributed by atoms with van der Waals surface area (Å²) in [4.78, 5) is 10.9. The number of carboxylic acids is 1. The van der Waals surface area contributed by atoms with E-state index in [2.05, 4.69) is 0 Å². The zero-order valence-corrected chi connectivity index (χ0v) is 9.75. The summed E-state index contributed by atoms with van der Waals surface area (Å²) in [5.74, 6) is -0.545. The standard InChI is InChI=1S/C11H21NO3/c1-10(2,12)11(3,6-9(13)14)8-4-5-15-7-8/h8H,4-7,12H2,1-3H3,(H,13,14). The SMILES string of the molecule is CC(C)(N)C(C)(CC(=O)O)C1CCOC1. The van der Waals surface area contributed by atoms with E-state index in [1.165, 1.54) is 0 Å². The minimum Gasteiger partial charge on any atom is -0.481 e. The number of hydrogen-bond donors (Lipinski definition) is 2. The summed E-state index contributed by atoms with van der Waals surface area (Å²) in [7, 11) is 0.